The van der Waals surface area contributed by atoms with E-state index in [4.69, 9.17) is 5.41 Å². The highest BCUT2D eigenvalue weighted by Crippen LogP contribution is 2.37. The summed E-state index contributed by atoms with van der Waals surface area (Å²) in [5.41, 5.74) is 3.89. The largest absolute Gasteiger partial charge is 0.308 e. The van der Waals surface area contributed by atoms with Gasteiger partial charge in [-0.15, -0.1) is 0 Å². The summed E-state index contributed by atoms with van der Waals surface area (Å²) in [7, 11) is 0. The van der Waals surface area contributed by atoms with Crippen molar-refractivity contribution in [2.24, 2.45) is 5.92 Å². The molecule has 0 radical (unpaired) electrons. The highest BCUT2D eigenvalue weighted by Gasteiger charge is 2.22. The monoisotopic (exact) mass is 257 g/mol. The van der Waals surface area contributed by atoms with Crippen molar-refractivity contribution in [1.82, 2.24) is 0 Å². The molecule has 0 heterocycles. The SMILES string of the molecule is CCCC1CCC(c2ccc(CC)c(C=N)c2)CC1. The predicted molar refractivity (Wildman–Crippen MR) is 83.3 cm³/mol. The molecule has 1 aromatic rings. The van der Waals surface area contributed by atoms with Gasteiger partial charge < -0.3 is 5.41 Å². The maximum absolute atomic E-state index is 7.56. The maximum atomic E-state index is 7.56. The minimum Gasteiger partial charge on any atom is -0.308 e. The van der Waals surface area contributed by atoms with Crippen LogP contribution in [0.2, 0.25) is 0 Å². The van der Waals surface area contributed by atoms with Gasteiger partial charge in [0.1, 0.15) is 0 Å². The van der Waals surface area contributed by atoms with Crippen LogP contribution in [0.4, 0.5) is 0 Å². The van der Waals surface area contributed by atoms with Crippen molar-refractivity contribution in [1.29, 1.82) is 5.41 Å². The lowest BCUT2D eigenvalue weighted by atomic mass is 9.77. The third-order valence-electron chi connectivity index (χ3n) is 4.72. The number of hydrogen-bond acceptors (Lipinski definition) is 1. The van der Waals surface area contributed by atoms with Gasteiger partial charge in [0, 0.05) is 6.21 Å². The van der Waals surface area contributed by atoms with Crippen molar-refractivity contribution < 1.29 is 0 Å². The van der Waals surface area contributed by atoms with E-state index in [1.807, 2.05) is 0 Å². The van der Waals surface area contributed by atoms with Gasteiger partial charge in [0.2, 0.25) is 0 Å². The zero-order valence-corrected chi connectivity index (χ0v) is 12.4. The fourth-order valence-electron chi connectivity index (χ4n) is 3.52. The van der Waals surface area contributed by atoms with E-state index in [-0.39, 0.29) is 0 Å². The fourth-order valence-corrected chi connectivity index (χ4v) is 3.52. The van der Waals surface area contributed by atoms with Crippen LogP contribution in [0.3, 0.4) is 0 Å². The predicted octanol–water partition coefficient (Wildman–Crippen LogP) is 5.32. The van der Waals surface area contributed by atoms with Crippen molar-refractivity contribution in [2.75, 3.05) is 0 Å². The molecule has 1 saturated carbocycles. The van der Waals surface area contributed by atoms with Crippen LogP contribution in [-0.4, -0.2) is 6.21 Å². The maximum Gasteiger partial charge on any atom is 0.0253 e. The van der Waals surface area contributed by atoms with Gasteiger partial charge in [0.25, 0.3) is 0 Å². The molecule has 1 heteroatoms. The molecule has 0 aromatic heterocycles. The summed E-state index contributed by atoms with van der Waals surface area (Å²) in [6.45, 7) is 4.46. The number of hydrogen-bond donors (Lipinski definition) is 1. The van der Waals surface area contributed by atoms with Crippen LogP contribution in [-0.2, 0) is 6.42 Å². The average molecular weight is 257 g/mol. The molecule has 0 amide bonds. The van der Waals surface area contributed by atoms with Gasteiger partial charge in [0.15, 0.2) is 0 Å². The van der Waals surface area contributed by atoms with Gasteiger partial charge >= 0.3 is 0 Å². The molecule has 1 aliphatic rings. The Hall–Kier alpha value is -1.11. The Kier molecular flexibility index (Phi) is 5.18. The van der Waals surface area contributed by atoms with E-state index in [2.05, 4.69) is 32.0 Å². The highest BCUT2D eigenvalue weighted by molar-refractivity contribution is 5.79. The van der Waals surface area contributed by atoms with E-state index < -0.39 is 0 Å². The summed E-state index contributed by atoms with van der Waals surface area (Å²) >= 11 is 0. The van der Waals surface area contributed by atoms with Crippen molar-refractivity contribution in [2.45, 2.75) is 64.7 Å². The second-order valence-electron chi connectivity index (χ2n) is 5.96. The van der Waals surface area contributed by atoms with Crippen molar-refractivity contribution in [3.8, 4) is 0 Å². The summed E-state index contributed by atoms with van der Waals surface area (Å²) in [5.74, 6) is 1.70. The first-order valence-corrected chi connectivity index (χ1v) is 7.91. The highest BCUT2D eigenvalue weighted by atomic mass is 14.3. The van der Waals surface area contributed by atoms with Crippen molar-refractivity contribution in [3.05, 3.63) is 34.9 Å². The van der Waals surface area contributed by atoms with Crippen LogP contribution in [0.25, 0.3) is 0 Å². The number of aryl methyl sites for hydroxylation is 1. The number of rotatable bonds is 5. The van der Waals surface area contributed by atoms with Gasteiger partial charge in [0.05, 0.1) is 0 Å². The first-order chi connectivity index (χ1) is 9.28. The molecule has 0 unspecified atom stereocenters. The number of benzene rings is 1. The van der Waals surface area contributed by atoms with Crippen molar-refractivity contribution >= 4 is 6.21 Å². The van der Waals surface area contributed by atoms with Crippen LogP contribution in [0.1, 0.15) is 75.0 Å². The van der Waals surface area contributed by atoms with Gasteiger partial charge in [-0.3, -0.25) is 0 Å². The van der Waals surface area contributed by atoms with E-state index in [1.165, 1.54) is 55.9 Å². The van der Waals surface area contributed by atoms with Crippen molar-refractivity contribution in [3.63, 3.8) is 0 Å². The zero-order chi connectivity index (χ0) is 13.7. The van der Waals surface area contributed by atoms with Gasteiger partial charge in [-0.2, -0.15) is 0 Å². The zero-order valence-electron chi connectivity index (χ0n) is 12.4. The molecule has 0 spiro atoms. The van der Waals surface area contributed by atoms with E-state index in [0.717, 1.165) is 23.8 Å². The Morgan fingerprint density at radius 1 is 1.16 bits per heavy atom. The first kappa shape index (κ1) is 14.3. The van der Waals surface area contributed by atoms with Crippen LogP contribution >= 0.6 is 0 Å². The molecular weight excluding hydrogens is 230 g/mol. The lowest BCUT2D eigenvalue weighted by Crippen LogP contribution is -2.13. The number of nitrogens with one attached hydrogen (secondary N) is 1. The van der Waals surface area contributed by atoms with Gasteiger partial charge in [-0.25, -0.2) is 0 Å². The minimum absolute atomic E-state index is 0.734. The summed E-state index contributed by atoms with van der Waals surface area (Å²) in [5, 5.41) is 7.56. The van der Waals surface area contributed by atoms with E-state index >= 15 is 0 Å². The molecule has 19 heavy (non-hydrogen) atoms. The summed E-state index contributed by atoms with van der Waals surface area (Å²) in [4.78, 5) is 0. The molecule has 0 bridgehead atoms. The van der Waals surface area contributed by atoms with Gasteiger partial charge in [-0.1, -0.05) is 38.8 Å². The fraction of sp³-hybridized carbons (Fsp3) is 0.611. The molecule has 1 aromatic carbocycles. The lowest BCUT2D eigenvalue weighted by Gasteiger charge is -2.29. The minimum atomic E-state index is 0.734. The van der Waals surface area contributed by atoms with E-state index in [1.54, 1.807) is 0 Å². The van der Waals surface area contributed by atoms with Crippen LogP contribution in [0, 0.1) is 11.3 Å². The molecule has 1 fully saturated rings. The smallest absolute Gasteiger partial charge is 0.0253 e. The third-order valence-corrected chi connectivity index (χ3v) is 4.72. The standard InChI is InChI=1S/C18H27N/c1-3-5-14-6-8-16(9-7-14)17-11-10-15(4-2)18(12-17)13-19/h10-14,16,19H,3-9H2,1-2H3. The molecule has 104 valence electrons. The van der Waals surface area contributed by atoms with E-state index in [0.29, 0.717) is 0 Å². The second-order valence-corrected chi connectivity index (χ2v) is 5.96. The second kappa shape index (κ2) is 6.88. The van der Waals surface area contributed by atoms with Crippen LogP contribution in [0.5, 0.6) is 0 Å². The molecular formula is C18H27N. The topological polar surface area (TPSA) is 23.9 Å². The van der Waals surface area contributed by atoms with E-state index in [9.17, 15) is 0 Å². The Labute approximate surface area is 117 Å². The average Bonchev–Trinajstić information content (AvgIpc) is 2.47. The Morgan fingerprint density at radius 3 is 2.47 bits per heavy atom. The first-order valence-electron chi connectivity index (χ1n) is 7.91. The molecule has 0 atom stereocenters. The Balaban J connectivity index is 2.05. The Morgan fingerprint density at radius 2 is 1.89 bits per heavy atom. The van der Waals surface area contributed by atoms with Crippen LogP contribution in [0.15, 0.2) is 18.2 Å². The Bertz CT molecular complexity index is 414. The lowest BCUT2D eigenvalue weighted by molar-refractivity contribution is 0.308. The molecule has 0 aliphatic heterocycles. The summed E-state index contributed by atoms with van der Waals surface area (Å²) in [6, 6.07) is 6.79. The molecule has 2 rings (SSSR count). The summed E-state index contributed by atoms with van der Waals surface area (Å²) < 4.78 is 0. The normalized spacial score (nSPS) is 23.3. The summed E-state index contributed by atoms with van der Waals surface area (Å²) in [6.07, 6.45) is 10.8. The van der Waals surface area contributed by atoms with Crippen LogP contribution < -0.4 is 0 Å². The molecule has 0 saturated heterocycles. The quantitative estimate of drug-likeness (QED) is 0.690. The molecule has 1 aliphatic carbocycles. The molecule has 1 nitrogen and oxygen atoms in total. The van der Waals surface area contributed by atoms with Gasteiger partial charge in [-0.05, 0) is 66.7 Å². The third kappa shape index (κ3) is 3.46. The molecule has 1 N–H and O–H groups in total.